The number of nitrogens with one attached hydrogen (secondary N) is 2. The Balaban J connectivity index is 1.43. The smallest absolute Gasteiger partial charge is 0.245 e. The highest BCUT2D eigenvalue weighted by molar-refractivity contribution is 7.85. The van der Waals surface area contributed by atoms with Crippen molar-refractivity contribution in [2.45, 2.75) is 42.5 Å². The Kier molecular flexibility index (Phi) is 5.58. The van der Waals surface area contributed by atoms with Gasteiger partial charge in [0, 0.05) is 44.7 Å². The topological polar surface area (TPSA) is 113 Å². The van der Waals surface area contributed by atoms with Crippen LogP contribution in [0.25, 0.3) is 5.57 Å². The zero-order valence-corrected chi connectivity index (χ0v) is 19.3. The minimum absolute atomic E-state index is 0.0602. The number of hydrogen-bond donors (Lipinski definition) is 2. The summed E-state index contributed by atoms with van der Waals surface area (Å²) in [4.78, 5) is 33.4. The average Bonchev–Trinajstić information content (AvgIpc) is 3.17. The summed E-state index contributed by atoms with van der Waals surface area (Å²) in [5.41, 5.74) is 1.17. The van der Waals surface area contributed by atoms with Gasteiger partial charge in [-0.2, -0.15) is 4.98 Å². The van der Waals surface area contributed by atoms with Crippen molar-refractivity contribution in [3.05, 3.63) is 35.0 Å². The molecule has 32 heavy (non-hydrogen) atoms. The van der Waals surface area contributed by atoms with E-state index in [4.69, 9.17) is 21.6 Å². The van der Waals surface area contributed by atoms with Crippen LogP contribution in [0.15, 0.2) is 23.4 Å². The van der Waals surface area contributed by atoms with E-state index in [0.29, 0.717) is 52.8 Å². The second kappa shape index (κ2) is 8.40. The Morgan fingerprint density at radius 2 is 2.00 bits per heavy atom. The number of nitrogens with zero attached hydrogens (tertiary/aromatic N) is 5. The van der Waals surface area contributed by atoms with Crippen LogP contribution in [0.1, 0.15) is 37.2 Å². The number of hydrogen-bond acceptors (Lipinski definition) is 8. The SMILES string of the molecule is CNC(=O)C1(Nc2nc(N3CC=C(c4ncc(Cl)cn4)CC3)nc3c2[S@@](=O)CC3)CCC1. The van der Waals surface area contributed by atoms with E-state index >= 15 is 0 Å². The molecular formula is C21H24ClN7O2S. The lowest BCUT2D eigenvalue weighted by molar-refractivity contribution is -0.127. The molecule has 2 aliphatic heterocycles. The number of halogens is 1. The molecule has 2 N–H and O–H groups in total. The molecule has 1 fully saturated rings. The van der Waals surface area contributed by atoms with E-state index in [0.717, 1.165) is 37.0 Å². The highest BCUT2D eigenvalue weighted by atomic mass is 35.5. The van der Waals surface area contributed by atoms with Crippen molar-refractivity contribution in [3.63, 3.8) is 0 Å². The normalized spacial score (nSPS) is 21.4. The van der Waals surface area contributed by atoms with Crippen LogP contribution < -0.4 is 15.5 Å². The zero-order chi connectivity index (χ0) is 22.3. The maximum atomic E-state index is 12.7. The molecule has 2 aromatic heterocycles. The minimum Gasteiger partial charge on any atom is -0.357 e. The molecule has 9 nitrogen and oxygen atoms in total. The summed E-state index contributed by atoms with van der Waals surface area (Å²) in [6.45, 7) is 1.32. The molecule has 4 heterocycles. The van der Waals surface area contributed by atoms with E-state index in [-0.39, 0.29) is 5.91 Å². The number of carbonyl (C=O) groups excluding carboxylic acids is 1. The lowest BCUT2D eigenvalue weighted by Crippen LogP contribution is -2.56. The molecule has 0 radical (unpaired) electrons. The van der Waals surface area contributed by atoms with E-state index in [9.17, 15) is 9.00 Å². The van der Waals surface area contributed by atoms with Gasteiger partial charge in [0.25, 0.3) is 0 Å². The number of anilines is 2. The summed E-state index contributed by atoms with van der Waals surface area (Å²) in [6.07, 6.45) is 9.09. The molecule has 5 rings (SSSR count). The molecule has 0 aromatic carbocycles. The van der Waals surface area contributed by atoms with Crippen LogP contribution in [-0.4, -0.2) is 61.5 Å². The van der Waals surface area contributed by atoms with Gasteiger partial charge in [-0.05, 0) is 31.3 Å². The van der Waals surface area contributed by atoms with Crippen LogP contribution in [-0.2, 0) is 22.0 Å². The second-order valence-electron chi connectivity index (χ2n) is 8.24. The molecule has 0 unspecified atom stereocenters. The number of rotatable bonds is 5. The lowest BCUT2D eigenvalue weighted by Gasteiger charge is -2.41. The molecule has 2 aromatic rings. The fourth-order valence-corrected chi connectivity index (χ4v) is 5.75. The molecule has 168 valence electrons. The van der Waals surface area contributed by atoms with E-state index in [1.54, 1.807) is 19.4 Å². The van der Waals surface area contributed by atoms with E-state index in [1.807, 2.05) is 0 Å². The Hall–Kier alpha value is -2.59. The molecule has 1 saturated carbocycles. The Morgan fingerprint density at radius 3 is 2.62 bits per heavy atom. The number of carbonyl (C=O) groups is 1. The fraction of sp³-hybridized carbons (Fsp3) is 0.476. The molecular weight excluding hydrogens is 450 g/mol. The molecule has 1 amide bonds. The lowest BCUT2D eigenvalue weighted by atomic mass is 9.76. The number of amides is 1. The fourth-order valence-electron chi connectivity index (χ4n) is 4.35. The van der Waals surface area contributed by atoms with Crippen LogP contribution >= 0.6 is 11.6 Å². The molecule has 3 aliphatic rings. The van der Waals surface area contributed by atoms with Crippen molar-refractivity contribution in [1.29, 1.82) is 0 Å². The summed E-state index contributed by atoms with van der Waals surface area (Å²) < 4.78 is 12.7. The van der Waals surface area contributed by atoms with Crippen molar-refractivity contribution in [2.75, 3.05) is 36.1 Å². The van der Waals surface area contributed by atoms with E-state index in [1.165, 1.54) is 0 Å². The highest BCUT2D eigenvalue weighted by Crippen LogP contribution is 2.39. The van der Waals surface area contributed by atoms with Crippen LogP contribution in [0, 0.1) is 0 Å². The van der Waals surface area contributed by atoms with Gasteiger partial charge in [0.05, 0.1) is 21.5 Å². The van der Waals surface area contributed by atoms with Gasteiger partial charge in [-0.25, -0.2) is 15.0 Å². The van der Waals surface area contributed by atoms with Gasteiger partial charge in [-0.15, -0.1) is 0 Å². The van der Waals surface area contributed by atoms with Gasteiger partial charge in [-0.1, -0.05) is 17.7 Å². The number of fused-ring (bicyclic) bond motifs is 1. The average molecular weight is 474 g/mol. The van der Waals surface area contributed by atoms with Gasteiger partial charge in [-0.3, -0.25) is 9.00 Å². The number of aromatic nitrogens is 4. The van der Waals surface area contributed by atoms with Crippen molar-refractivity contribution in [1.82, 2.24) is 25.3 Å². The third-order valence-electron chi connectivity index (χ3n) is 6.30. The molecule has 1 aliphatic carbocycles. The minimum atomic E-state index is -1.16. The van der Waals surface area contributed by atoms with Gasteiger partial charge in [0.15, 0.2) is 5.82 Å². The molecule has 0 spiro atoms. The Morgan fingerprint density at radius 1 is 1.22 bits per heavy atom. The van der Waals surface area contributed by atoms with Gasteiger partial charge >= 0.3 is 0 Å². The first-order chi connectivity index (χ1) is 15.5. The summed E-state index contributed by atoms with van der Waals surface area (Å²) in [5, 5.41) is 6.62. The summed E-state index contributed by atoms with van der Waals surface area (Å²) >= 11 is 5.89. The summed E-state index contributed by atoms with van der Waals surface area (Å²) in [6, 6.07) is 0. The quantitative estimate of drug-likeness (QED) is 0.677. The summed E-state index contributed by atoms with van der Waals surface area (Å²) in [7, 11) is 0.479. The van der Waals surface area contributed by atoms with Gasteiger partial charge < -0.3 is 15.5 Å². The molecule has 1 atom stereocenters. The first-order valence-electron chi connectivity index (χ1n) is 10.7. The summed E-state index contributed by atoms with van der Waals surface area (Å²) in [5.74, 6) is 2.27. The van der Waals surface area contributed by atoms with Crippen molar-refractivity contribution >= 4 is 45.6 Å². The third-order valence-corrected chi connectivity index (χ3v) is 7.96. The van der Waals surface area contributed by atoms with Crippen molar-refractivity contribution < 1.29 is 9.00 Å². The standard InChI is InChI=1S/C21H24ClN7O2S/c1-23-19(30)21(6-2-7-21)28-18-16-15(5-10-32(16)31)26-20(27-18)29-8-3-13(4-9-29)17-24-11-14(22)12-25-17/h3,11-12H,2,4-10H2,1H3,(H,23,30)(H,26,27,28)/t32-/m0/s1. The second-order valence-corrected chi connectivity index (χ2v) is 10.2. The Labute approximate surface area is 193 Å². The largest absolute Gasteiger partial charge is 0.357 e. The third kappa shape index (κ3) is 3.75. The maximum absolute atomic E-state index is 12.7. The van der Waals surface area contributed by atoms with Crippen LogP contribution in [0.3, 0.4) is 0 Å². The first-order valence-corrected chi connectivity index (χ1v) is 12.4. The van der Waals surface area contributed by atoms with Crippen molar-refractivity contribution in [2.24, 2.45) is 0 Å². The van der Waals surface area contributed by atoms with Crippen molar-refractivity contribution in [3.8, 4) is 0 Å². The van der Waals surface area contributed by atoms with E-state index in [2.05, 4.69) is 31.6 Å². The van der Waals surface area contributed by atoms with E-state index < -0.39 is 16.3 Å². The van der Waals surface area contributed by atoms with Crippen LogP contribution in [0.4, 0.5) is 11.8 Å². The Bertz CT molecular complexity index is 1120. The monoisotopic (exact) mass is 473 g/mol. The van der Waals surface area contributed by atoms with Crippen LogP contribution in [0.5, 0.6) is 0 Å². The molecule has 0 bridgehead atoms. The van der Waals surface area contributed by atoms with Gasteiger partial charge in [0.1, 0.15) is 16.3 Å². The molecule has 0 saturated heterocycles. The predicted octanol–water partition coefficient (Wildman–Crippen LogP) is 1.96. The van der Waals surface area contributed by atoms with Gasteiger partial charge in [0.2, 0.25) is 11.9 Å². The first kappa shape index (κ1) is 21.3. The number of likely N-dealkylation sites (N-methyl/N-ethyl adjacent to an activating group) is 1. The number of aryl methyl sites for hydroxylation is 1. The molecule has 11 heteroatoms. The maximum Gasteiger partial charge on any atom is 0.245 e. The highest BCUT2D eigenvalue weighted by Gasteiger charge is 2.45. The van der Waals surface area contributed by atoms with Crippen LogP contribution in [0.2, 0.25) is 5.02 Å². The zero-order valence-electron chi connectivity index (χ0n) is 17.7. The predicted molar refractivity (Wildman–Crippen MR) is 123 cm³/mol.